The van der Waals surface area contributed by atoms with Crippen LogP contribution in [0.3, 0.4) is 0 Å². The molecule has 0 spiro atoms. The molecule has 0 amide bonds. The summed E-state index contributed by atoms with van der Waals surface area (Å²) in [5, 5.41) is 0. The first-order valence-corrected chi connectivity index (χ1v) is 7.81. The summed E-state index contributed by atoms with van der Waals surface area (Å²) in [7, 11) is -3.33. The van der Waals surface area contributed by atoms with Crippen molar-refractivity contribution in [1.29, 1.82) is 0 Å². The zero-order valence-electron chi connectivity index (χ0n) is 11.7. The summed E-state index contributed by atoms with van der Waals surface area (Å²) in [6.45, 7) is 4.20. The third kappa shape index (κ3) is 5.42. The van der Waals surface area contributed by atoms with Crippen LogP contribution in [0.4, 0.5) is 5.69 Å². The van der Waals surface area contributed by atoms with Crippen molar-refractivity contribution in [3.8, 4) is 0 Å². The van der Waals surface area contributed by atoms with E-state index in [0.29, 0.717) is 12.2 Å². The Balaban J connectivity index is 0.000000240. The van der Waals surface area contributed by atoms with Gasteiger partial charge in [0.15, 0.2) is 0 Å². The van der Waals surface area contributed by atoms with E-state index in [-0.39, 0.29) is 4.90 Å². The van der Waals surface area contributed by atoms with Crippen molar-refractivity contribution >= 4 is 15.7 Å². The van der Waals surface area contributed by atoms with Gasteiger partial charge < -0.3 is 5.73 Å². The van der Waals surface area contributed by atoms with Crippen molar-refractivity contribution in [3.63, 3.8) is 0 Å². The molecular formula is C15H20N2O2S. The molecule has 0 saturated carbocycles. The molecule has 0 unspecified atom stereocenters. The Morgan fingerprint density at radius 1 is 1.00 bits per heavy atom. The Morgan fingerprint density at radius 2 is 1.55 bits per heavy atom. The molecule has 0 aliphatic carbocycles. The van der Waals surface area contributed by atoms with Gasteiger partial charge in [0.05, 0.1) is 4.90 Å². The van der Waals surface area contributed by atoms with Crippen LogP contribution < -0.4 is 10.5 Å². The number of nitrogen functional groups attached to an aromatic ring is 1. The minimum Gasteiger partial charge on any atom is -0.399 e. The van der Waals surface area contributed by atoms with E-state index in [2.05, 4.69) is 23.8 Å². The van der Waals surface area contributed by atoms with Crippen molar-refractivity contribution in [1.82, 2.24) is 4.72 Å². The van der Waals surface area contributed by atoms with Gasteiger partial charge in [-0.25, -0.2) is 13.1 Å². The minimum atomic E-state index is -3.33. The number of rotatable bonds is 3. The zero-order chi connectivity index (χ0) is 15.0. The standard InChI is InChI=1S/C8H12N2O2S.C7H8/c1-2-10-13(11,12)8-5-3-7(9)4-6-8;1-7-5-3-2-4-6-7/h3-6,10H,2,9H2,1H3;2-6H,1H3. The Morgan fingerprint density at radius 3 is 1.95 bits per heavy atom. The van der Waals surface area contributed by atoms with Crippen LogP contribution in [0.15, 0.2) is 59.5 Å². The molecule has 0 radical (unpaired) electrons. The number of sulfonamides is 1. The monoisotopic (exact) mass is 292 g/mol. The predicted molar refractivity (Wildman–Crippen MR) is 82.9 cm³/mol. The lowest BCUT2D eigenvalue weighted by Crippen LogP contribution is -2.22. The number of anilines is 1. The number of aryl methyl sites for hydroxylation is 1. The van der Waals surface area contributed by atoms with Gasteiger partial charge in [-0.1, -0.05) is 42.8 Å². The number of hydrogen-bond acceptors (Lipinski definition) is 3. The van der Waals surface area contributed by atoms with Crippen molar-refractivity contribution < 1.29 is 8.42 Å². The summed E-state index contributed by atoms with van der Waals surface area (Å²) >= 11 is 0. The molecule has 0 heterocycles. The molecule has 20 heavy (non-hydrogen) atoms. The van der Waals surface area contributed by atoms with Crippen LogP contribution in [0, 0.1) is 6.92 Å². The molecule has 0 saturated heterocycles. The molecule has 5 heteroatoms. The van der Waals surface area contributed by atoms with Crippen LogP contribution in [0.25, 0.3) is 0 Å². The summed E-state index contributed by atoms with van der Waals surface area (Å²) < 4.78 is 25.2. The Kier molecular flexibility index (Phi) is 6.21. The maximum Gasteiger partial charge on any atom is 0.240 e. The van der Waals surface area contributed by atoms with Crippen LogP contribution in [-0.4, -0.2) is 15.0 Å². The average Bonchev–Trinajstić information content (AvgIpc) is 2.41. The third-order valence-corrected chi connectivity index (χ3v) is 4.03. The Hall–Kier alpha value is -1.85. The van der Waals surface area contributed by atoms with Crippen LogP contribution in [0.5, 0.6) is 0 Å². The summed E-state index contributed by atoms with van der Waals surface area (Å²) in [6.07, 6.45) is 0. The van der Waals surface area contributed by atoms with Crippen molar-refractivity contribution in [2.45, 2.75) is 18.7 Å². The number of nitrogens with two attached hydrogens (primary N) is 1. The van der Waals surface area contributed by atoms with E-state index in [0.717, 1.165) is 0 Å². The number of hydrogen-bond donors (Lipinski definition) is 2. The SMILES string of the molecule is CCNS(=O)(=O)c1ccc(N)cc1.Cc1ccccc1. The van der Waals surface area contributed by atoms with Crippen molar-refractivity contribution in [2.24, 2.45) is 0 Å². The molecule has 2 aromatic rings. The topological polar surface area (TPSA) is 72.2 Å². The molecule has 0 atom stereocenters. The maximum atomic E-state index is 11.4. The van der Waals surface area contributed by atoms with Gasteiger partial charge in [-0.15, -0.1) is 0 Å². The average molecular weight is 292 g/mol. The first-order chi connectivity index (χ1) is 9.45. The van der Waals surface area contributed by atoms with Crippen molar-refractivity contribution in [3.05, 3.63) is 60.2 Å². The highest BCUT2D eigenvalue weighted by Gasteiger charge is 2.10. The van der Waals surface area contributed by atoms with Crippen LogP contribution in [0.1, 0.15) is 12.5 Å². The summed E-state index contributed by atoms with van der Waals surface area (Å²) in [5.74, 6) is 0. The maximum absolute atomic E-state index is 11.4. The largest absolute Gasteiger partial charge is 0.399 e. The van der Waals surface area contributed by atoms with Gasteiger partial charge in [0.2, 0.25) is 10.0 Å². The second-order valence-electron chi connectivity index (χ2n) is 4.23. The smallest absolute Gasteiger partial charge is 0.240 e. The molecule has 108 valence electrons. The van der Waals surface area contributed by atoms with Gasteiger partial charge in [0.1, 0.15) is 0 Å². The van der Waals surface area contributed by atoms with E-state index >= 15 is 0 Å². The van der Waals surface area contributed by atoms with E-state index in [4.69, 9.17) is 5.73 Å². The lowest BCUT2D eigenvalue weighted by molar-refractivity contribution is 0.584. The molecule has 2 rings (SSSR count). The normalized spacial score (nSPS) is 10.5. The summed E-state index contributed by atoms with van der Waals surface area (Å²) in [4.78, 5) is 0.239. The Labute approximate surface area is 120 Å². The van der Waals surface area contributed by atoms with Gasteiger partial charge in [-0.05, 0) is 31.2 Å². The lowest BCUT2D eigenvalue weighted by Gasteiger charge is -2.03. The van der Waals surface area contributed by atoms with E-state index in [1.807, 2.05) is 18.2 Å². The van der Waals surface area contributed by atoms with Crippen LogP contribution in [-0.2, 0) is 10.0 Å². The third-order valence-electron chi connectivity index (χ3n) is 2.47. The first kappa shape index (κ1) is 16.2. The highest BCUT2D eigenvalue weighted by molar-refractivity contribution is 7.89. The molecule has 2 aromatic carbocycles. The van der Waals surface area contributed by atoms with Crippen molar-refractivity contribution in [2.75, 3.05) is 12.3 Å². The Bertz CT molecular complexity index is 608. The summed E-state index contributed by atoms with van der Waals surface area (Å²) in [6, 6.07) is 16.3. The van der Waals surface area contributed by atoms with E-state index in [1.165, 1.54) is 17.7 Å². The number of benzene rings is 2. The molecule has 3 N–H and O–H groups in total. The lowest BCUT2D eigenvalue weighted by atomic mass is 10.2. The molecule has 0 aliphatic heterocycles. The second-order valence-corrected chi connectivity index (χ2v) is 5.99. The molecule has 0 fully saturated rings. The predicted octanol–water partition coefficient (Wildman–Crippen LogP) is 2.56. The molecule has 0 aromatic heterocycles. The van der Waals surface area contributed by atoms with Crippen LogP contribution >= 0.6 is 0 Å². The second kappa shape index (κ2) is 7.67. The molecule has 0 bridgehead atoms. The van der Waals surface area contributed by atoms with Gasteiger partial charge in [-0.2, -0.15) is 0 Å². The van der Waals surface area contributed by atoms with E-state index in [9.17, 15) is 8.42 Å². The van der Waals surface area contributed by atoms with E-state index in [1.54, 1.807) is 19.1 Å². The van der Waals surface area contributed by atoms with Gasteiger partial charge >= 0.3 is 0 Å². The fourth-order valence-corrected chi connectivity index (χ4v) is 2.50. The minimum absolute atomic E-state index is 0.239. The van der Waals surface area contributed by atoms with Gasteiger partial charge in [0, 0.05) is 12.2 Å². The van der Waals surface area contributed by atoms with E-state index < -0.39 is 10.0 Å². The quantitative estimate of drug-likeness (QED) is 0.854. The highest BCUT2D eigenvalue weighted by atomic mass is 32.2. The zero-order valence-corrected chi connectivity index (χ0v) is 12.5. The first-order valence-electron chi connectivity index (χ1n) is 6.32. The number of nitrogens with one attached hydrogen (secondary N) is 1. The fourth-order valence-electron chi connectivity index (χ4n) is 1.45. The fraction of sp³-hybridized carbons (Fsp3) is 0.200. The van der Waals surface area contributed by atoms with Gasteiger partial charge in [-0.3, -0.25) is 0 Å². The van der Waals surface area contributed by atoms with Gasteiger partial charge in [0.25, 0.3) is 0 Å². The molecular weight excluding hydrogens is 272 g/mol. The molecule has 4 nitrogen and oxygen atoms in total. The van der Waals surface area contributed by atoms with Crippen LogP contribution in [0.2, 0.25) is 0 Å². The highest BCUT2D eigenvalue weighted by Crippen LogP contribution is 2.10. The molecule has 0 aliphatic rings. The summed E-state index contributed by atoms with van der Waals surface area (Å²) in [5.41, 5.74) is 7.30.